The number of furan rings is 1. The molecule has 0 atom stereocenters. The van der Waals surface area contributed by atoms with Gasteiger partial charge in [0.05, 0.1) is 12.8 Å². The average Bonchev–Trinajstić information content (AvgIpc) is 3.55. The van der Waals surface area contributed by atoms with Crippen molar-refractivity contribution in [1.29, 1.82) is 0 Å². The Morgan fingerprint density at radius 3 is 2.62 bits per heavy atom. The molecule has 8 heteroatoms. The van der Waals surface area contributed by atoms with Crippen molar-refractivity contribution < 1.29 is 23.5 Å². The summed E-state index contributed by atoms with van der Waals surface area (Å²) < 4.78 is 16.1. The molecule has 1 aliphatic heterocycles. The quantitative estimate of drug-likeness (QED) is 0.477. The topological polar surface area (TPSA) is 72.2 Å². The van der Waals surface area contributed by atoms with Crippen molar-refractivity contribution in [2.24, 2.45) is 0 Å². The molecule has 0 fully saturated rings. The molecule has 3 aromatic rings. The highest BCUT2D eigenvalue weighted by molar-refractivity contribution is 7.10. The Hall–Kier alpha value is -3.26. The van der Waals surface area contributed by atoms with E-state index in [0.29, 0.717) is 31.1 Å². The Morgan fingerprint density at radius 1 is 1.06 bits per heavy atom. The fourth-order valence-corrected chi connectivity index (χ4v) is 4.49. The van der Waals surface area contributed by atoms with Gasteiger partial charge in [0.25, 0.3) is 5.91 Å². The summed E-state index contributed by atoms with van der Waals surface area (Å²) in [6, 6.07) is 11.0. The van der Waals surface area contributed by atoms with Crippen LogP contribution >= 0.6 is 11.3 Å². The van der Waals surface area contributed by atoms with E-state index in [1.54, 1.807) is 33.3 Å². The van der Waals surface area contributed by atoms with Crippen molar-refractivity contribution >= 4 is 23.2 Å². The van der Waals surface area contributed by atoms with Gasteiger partial charge in [0, 0.05) is 18.0 Å². The fraction of sp³-hybridized carbons (Fsp3) is 0.333. The van der Waals surface area contributed by atoms with Crippen LogP contribution in [0, 0.1) is 6.92 Å². The highest BCUT2D eigenvalue weighted by Gasteiger charge is 2.25. The van der Waals surface area contributed by atoms with Crippen LogP contribution in [0.1, 0.15) is 39.9 Å². The molecular weight excluding hydrogens is 428 g/mol. The molecule has 0 radical (unpaired) electrons. The summed E-state index contributed by atoms with van der Waals surface area (Å²) in [5.74, 6) is 1.23. The van der Waals surface area contributed by atoms with E-state index in [1.807, 2.05) is 43.5 Å². The zero-order valence-electron chi connectivity index (χ0n) is 18.2. The summed E-state index contributed by atoms with van der Waals surface area (Å²) in [7, 11) is 0. The normalized spacial score (nSPS) is 12.1. The molecule has 0 aliphatic carbocycles. The summed E-state index contributed by atoms with van der Waals surface area (Å²) in [6.07, 6.45) is 2.20. The molecule has 7 nitrogen and oxygen atoms in total. The van der Waals surface area contributed by atoms with Crippen LogP contribution in [0.25, 0.3) is 0 Å². The van der Waals surface area contributed by atoms with E-state index in [9.17, 15) is 9.59 Å². The maximum absolute atomic E-state index is 13.4. The Kier molecular flexibility index (Phi) is 6.80. The number of rotatable bonds is 9. The van der Waals surface area contributed by atoms with Gasteiger partial charge in [-0.15, -0.1) is 11.3 Å². The Labute approximate surface area is 191 Å². The standard InChI is InChI=1S/C24H26N2O5S/c1-3-9-25(24(28)20-5-4-10-29-20)15-23(27)26(14-22-17(2)8-11-32-22)13-18-6-7-19-21(12-18)31-16-30-19/h4-8,10-12H,3,9,13-16H2,1-2H3. The predicted molar refractivity (Wildman–Crippen MR) is 121 cm³/mol. The van der Waals surface area contributed by atoms with Gasteiger partial charge in [0.2, 0.25) is 12.7 Å². The van der Waals surface area contributed by atoms with Crippen LogP contribution in [0.4, 0.5) is 0 Å². The number of amides is 2. The van der Waals surface area contributed by atoms with Crippen molar-refractivity contribution in [2.75, 3.05) is 19.9 Å². The summed E-state index contributed by atoms with van der Waals surface area (Å²) in [5.41, 5.74) is 2.09. The second kappa shape index (κ2) is 9.91. The lowest BCUT2D eigenvalue weighted by molar-refractivity contribution is -0.133. The molecule has 32 heavy (non-hydrogen) atoms. The van der Waals surface area contributed by atoms with Crippen LogP contribution in [0.5, 0.6) is 11.5 Å². The van der Waals surface area contributed by atoms with Gasteiger partial charge < -0.3 is 23.7 Å². The van der Waals surface area contributed by atoms with E-state index in [1.165, 1.54) is 6.26 Å². The Bertz CT molecular complexity index is 1080. The molecule has 0 spiro atoms. The van der Waals surface area contributed by atoms with Crippen LogP contribution in [0.2, 0.25) is 0 Å². The van der Waals surface area contributed by atoms with Gasteiger partial charge in [-0.3, -0.25) is 9.59 Å². The van der Waals surface area contributed by atoms with E-state index >= 15 is 0 Å². The lowest BCUT2D eigenvalue weighted by Crippen LogP contribution is -2.42. The number of benzene rings is 1. The molecule has 1 aromatic carbocycles. The van der Waals surface area contributed by atoms with E-state index in [-0.39, 0.29) is 30.9 Å². The molecule has 0 saturated heterocycles. The van der Waals surface area contributed by atoms with E-state index < -0.39 is 0 Å². The zero-order valence-corrected chi connectivity index (χ0v) is 19.0. The van der Waals surface area contributed by atoms with E-state index in [0.717, 1.165) is 22.4 Å². The third-order valence-electron chi connectivity index (χ3n) is 5.30. The van der Waals surface area contributed by atoms with Crippen molar-refractivity contribution in [3.05, 3.63) is 69.8 Å². The molecule has 4 rings (SSSR count). The second-order valence-electron chi connectivity index (χ2n) is 7.67. The van der Waals surface area contributed by atoms with Gasteiger partial charge >= 0.3 is 0 Å². The van der Waals surface area contributed by atoms with Gasteiger partial charge in [-0.05, 0) is 60.2 Å². The first-order valence-electron chi connectivity index (χ1n) is 10.6. The van der Waals surface area contributed by atoms with Gasteiger partial charge in [0.1, 0.15) is 6.54 Å². The SMILES string of the molecule is CCCN(CC(=O)N(Cc1ccc2c(c1)OCO2)Cc1sccc1C)C(=O)c1ccco1. The number of ether oxygens (including phenoxy) is 2. The molecule has 1 aliphatic rings. The minimum Gasteiger partial charge on any atom is -0.459 e. The monoisotopic (exact) mass is 454 g/mol. The highest BCUT2D eigenvalue weighted by atomic mass is 32.1. The lowest BCUT2D eigenvalue weighted by atomic mass is 10.1. The van der Waals surface area contributed by atoms with Crippen molar-refractivity contribution in [3.8, 4) is 11.5 Å². The summed E-state index contributed by atoms with van der Waals surface area (Å²) >= 11 is 1.63. The fourth-order valence-electron chi connectivity index (χ4n) is 3.57. The average molecular weight is 455 g/mol. The molecule has 2 aromatic heterocycles. The Morgan fingerprint density at radius 2 is 1.91 bits per heavy atom. The first-order valence-corrected chi connectivity index (χ1v) is 11.4. The van der Waals surface area contributed by atoms with E-state index in [2.05, 4.69) is 0 Å². The second-order valence-corrected chi connectivity index (χ2v) is 8.67. The largest absolute Gasteiger partial charge is 0.459 e. The van der Waals surface area contributed by atoms with Gasteiger partial charge in [0.15, 0.2) is 17.3 Å². The molecular formula is C24H26N2O5S. The van der Waals surface area contributed by atoms with Crippen molar-refractivity contribution in [3.63, 3.8) is 0 Å². The zero-order chi connectivity index (χ0) is 22.5. The third-order valence-corrected chi connectivity index (χ3v) is 6.31. The number of nitrogens with zero attached hydrogens (tertiary/aromatic N) is 2. The minimum absolute atomic E-state index is 0.0116. The number of carbonyl (C=O) groups excluding carboxylic acids is 2. The molecule has 0 bridgehead atoms. The molecule has 0 unspecified atom stereocenters. The maximum Gasteiger partial charge on any atom is 0.290 e. The van der Waals surface area contributed by atoms with Gasteiger partial charge in [-0.25, -0.2) is 0 Å². The van der Waals surface area contributed by atoms with Gasteiger partial charge in [-0.1, -0.05) is 13.0 Å². The molecule has 0 saturated carbocycles. The van der Waals surface area contributed by atoms with Crippen LogP contribution in [-0.2, 0) is 17.9 Å². The highest BCUT2D eigenvalue weighted by Crippen LogP contribution is 2.33. The molecule has 168 valence electrons. The molecule has 3 heterocycles. The number of aryl methyl sites for hydroxylation is 1. The number of hydrogen-bond donors (Lipinski definition) is 0. The first kappa shape index (κ1) is 22.0. The summed E-state index contributed by atoms with van der Waals surface area (Å²) in [6.45, 7) is 5.57. The lowest BCUT2D eigenvalue weighted by Gasteiger charge is -2.27. The number of carbonyl (C=O) groups is 2. The van der Waals surface area contributed by atoms with Crippen LogP contribution in [0.3, 0.4) is 0 Å². The van der Waals surface area contributed by atoms with Crippen molar-refractivity contribution in [2.45, 2.75) is 33.4 Å². The number of hydrogen-bond acceptors (Lipinski definition) is 6. The van der Waals surface area contributed by atoms with Gasteiger partial charge in [-0.2, -0.15) is 0 Å². The summed E-state index contributed by atoms with van der Waals surface area (Å²) in [4.78, 5) is 30.7. The maximum atomic E-state index is 13.4. The number of thiophene rings is 1. The smallest absolute Gasteiger partial charge is 0.290 e. The predicted octanol–water partition coefficient (Wildman–Crippen LogP) is 4.46. The first-order chi connectivity index (χ1) is 15.5. The number of fused-ring (bicyclic) bond motifs is 1. The summed E-state index contributed by atoms with van der Waals surface area (Å²) in [5, 5.41) is 2.03. The molecule has 2 amide bonds. The van der Waals surface area contributed by atoms with E-state index in [4.69, 9.17) is 13.9 Å². The minimum atomic E-state index is -0.277. The van der Waals surface area contributed by atoms with Crippen LogP contribution in [0.15, 0.2) is 52.5 Å². The third kappa shape index (κ3) is 4.96. The Balaban J connectivity index is 1.54. The molecule has 0 N–H and O–H groups in total. The van der Waals surface area contributed by atoms with Crippen LogP contribution < -0.4 is 9.47 Å². The van der Waals surface area contributed by atoms with Crippen molar-refractivity contribution in [1.82, 2.24) is 9.80 Å². The van der Waals surface area contributed by atoms with Crippen LogP contribution in [-0.4, -0.2) is 41.5 Å².